The Morgan fingerprint density at radius 2 is 1.38 bits per heavy atom. The molecule has 52 heavy (non-hydrogen) atoms. The van der Waals surface area contributed by atoms with Gasteiger partial charge in [0.05, 0.1) is 12.9 Å². The first-order chi connectivity index (χ1) is 25.4. The van der Waals surface area contributed by atoms with Gasteiger partial charge in [-0.2, -0.15) is 0 Å². The number of benzene rings is 2. The van der Waals surface area contributed by atoms with E-state index in [2.05, 4.69) is 16.0 Å². The van der Waals surface area contributed by atoms with Gasteiger partial charge in [-0.05, 0) is 68.5 Å². The normalized spacial score (nSPS) is 17.0. The van der Waals surface area contributed by atoms with Crippen molar-refractivity contribution >= 4 is 66.8 Å². The lowest BCUT2D eigenvalue weighted by Gasteiger charge is -2.38. The molecule has 2 aromatic rings. The van der Waals surface area contributed by atoms with E-state index in [9.17, 15) is 29.1 Å². The van der Waals surface area contributed by atoms with E-state index in [0.717, 1.165) is 0 Å². The van der Waals surface area contributed by atoms with E-state index < -0.39 is 95.9 Å². The zero-order valence-corrected chi connectivity index (χ0v) is 31.9. The smallest absolute Gasteiger partial charge is 0.323 e. The van der Waals surface area contributed by atoms with Crippen molar-refractivity contribution in [2.45, 2.75) is 94.9 Å². The molecule has 1 heterocycles. The van der Waals surface area contributed by atoms with Crippen LogP contribution in [0.15, 0.2) is 60.5 Å². The number of carbonyl (C=O) groups excluding carboxylic acids is 4. The average Bonchev–Trinajstić information content (AvgIpc) is 3.14. The third-order valence-corrected chi connectivity index (χ3v) is 8.52. The Morgan fingerprint density at radius 1 is 0.827 bits per heavy atom. The Kier molecular flexibility index (Phi) is 18.3. The molecule has 10 N–H and O–H groups in total. The van der Waals surface area contributed by atoms with Crippen molar-refractivity contribution < 1.29 is 35.9 Å². The van der Waals surface area contributed by atoms with Crippen LogP contribution in [0.1, 0.15) is 70.4 Å². The molecular formula is C36H56Cl3N7O6. The maximum atomic E-state index is 14.0. The highest BCUT2D eigenvalue weighted by Gasteiger charge is 2.40. The number of carbonyl (C=O) groups is 5. The second-order valence-corrected chi connectivity index (χ2v) is 13.0. The van der Waals surface area contributed by atoms with E-state index in [0.29, 0.717) is 24.9 Å². The summed E-state index contributed by atoms with van der Waals surface area (Å²) in [7, 11) is 0. The molecule has 1 aliphatic heterocycles. The summed E-state index contributed by atoms with van der Waals surface area (Å²) in [6.45, 7) is 4.27. The summed E-state index contributed by atoms with van der Waals surface area (Å²) in [5.41, 5.74) is 17.0. The van der Waals surface area contributed by atoms with Crippen molar-refractivity contribution in [3.63, 3.8) is 0 Å². The molecule has 2 aromatic carbocycles. The average molecular weight is 794 g/mol. The fourth-order valence-electron chi connectivity index (χ4n) is 5.59. The van der Waals surface area contributed by atoms with Crippen molar-refractivity contribution in [1.82, 2.24) is 20.9 Å². The number of nitrogens with two attached hydrogens (primary N) is 3. The lowest BCUT2D eigenvalue weighted by atomic mass is 9.88. The van der Waals surface area contributed by atoms with E-state index in [-0.39, 0.29) is 93.9 Å². The van der Waals surface area contributed by atoms with Gasteiger partial charge < -0.3 is 43.2 Å². The molecule has 1 aliphatic rings. The molecule has 1 saturated heterocycles. The third kappa shape index (κ3) is 15.3. The molecule has 0 spiro atoms. The van der Waals surface area contributed by atoms with Gasteiger partial charge in [-0.15, -0.1) is 37.2 Å². The maximum Gasteiger partial charge on any atom is 0.323 e. The number of hydrogen-bond donors (Lipinski definition) is 7. The van der Waals surface area contributed by atoms with Crippen LogP contribution in [0.5, 0.6) is 0 Å². The van der Waals surface area contributed by atoms with Gasteiger partial charge in [-0.3, -0.25) is 24.0 Å². The molecule has 292 valence electrons. The number of likely N-dealkylation sites (tertiary alicyclic amines) is 1. The van der Waals surface area contributed by atoms with Crippen LogP contribution in [0.25, 0.3) is 0 Å². The van der Waals surface area contributed by atoms with Gasteiger partial charge >= 0.3 is 5.97 Å². The van der Waals surface area contributed by atoms with Crippen LogP contribution >= 0.6 is 37.2 Å². The third-order valence-electron chi connectivity index (χ3n) is 8.52. The molecule has 0 radical (unpaired) electrons. The number of piperidine rings is 1. The van der Waals surface area contributed by atoms with Gasteiger partial charge in [0.2, 0.25) is 23.6 Å². The highest BCUT2D eigenvalue weighted by molar-refractivity contribution is 5.95. The van der Waals surface area contributed by atoms with Crippen molar-refractivity contribution in [2.24, 2.45) is 23.1 Å². The molecule has 13 nitrogen and oxygen atoms in total. The second-order valence-electron chi connectivity index (χ2n) is 13.0. The Balaban J connectivity index is 0.0000105. The summed E-state index contributed by atoms with van der Waals surface area (Å²) >= 11 is 0. The zero-order chi connectivity index (χ0) is 40.3. The first kappa shape index (κ1) is 39.7. The van der Waals surface area contributed by atoms with Gasteiger partial charge in [-0.1, -0.05) is 74.4 Å². The standard InChI is InChI=1S/C36H53N7O6.3ClH/c1-24(2)21-29(32(45)40-28(15-9-10-18-37)34(47)43-19-16-36(39,17-20-43)35(48)49)42-33(46)30(23-26-13-7-4-8-14-26)41-31(44)27(38)22-25-11-5-3-6-12-25;;;/h3-8,11-14,24,27-30H,9-10,15-23,37-39H2,1-2H3,(H,40,45)(H,41,44)(H,42,46)(H,48,49);3*1H/t27-,28-,29-,30-;;;/m1.../s1/i3D,5D,6D,11D,12D;;;. The summed E-state index contributed by atoms with van der Waals surface area (Å²) in [6, 6.07) is 1.36. The molecule has 0 bridgehead atoms. The number of hydrogen-bond acceptors (Lipinski definition) is 8. The second kappa shape index (κ2) is 24.0. The van der Waals surface area contributed by atoms with Crippen molar-refractivity contribution in [3.8, 4) is 0 Å². The molecule has 4 atom stereocenters. The number of carboxylic acids is 1. The van der Waals surface area contributed by atoms with Crippen molar-refractivity contribution in [3.05, 3.63) is 71.7 Å². The monoisotopic (exact) mass is 792 g/mol. The molecule has 0 unspecified atom stereocenters. The number of rotatable bonds is 18. The number of unbranched alkanes of at least 4 members (excludes halogenated alkanes) is 1. The Labute approximate surface area is 332 Å². The van der Waals surface area contributed by atoms with Crippen LogP contribution in [-0.2, 0) is 36.8 Å². The fourth-order valence-corrected chi connectivity index (χ4v) is 5.59. The molecule has 0 saturated carbocycles. The Morgan fingerprint density at radius 3 is 1.94 bits per heavy atom. The topological polar surface area (TPSA) is 223 Å². The Hall–Kier alpha value is -3.46. The molecule has 0 aliphatic carbocycles. The maximum absolute atomic E-state index is 14.0. The van der Waals surface area contributed by atoms with Crippen LogP contribution in [0, 0.1) is 5.92 Å². The lowest BCUT2D eigenvalue weighted by Crippen LogP contribution is -2.60. The highest BCUT2D eigenvalue weighted by atomic mass is 35.5. The van der Waals surface area contributed by atoms with E-state index in [1.165, 1.54) is 4.90 Å². The van der Waals surface area contributed by atoms with Gasteiger partial charge in [-0.25, -0.2) is 0 Å². The predicted molar refractivity (Wildman–Crippen MR) is 209 cm³/mol. The van der Waals surface area contributed by atoms with E-state index >= 15 is 0 Å². The highest BCUT2D eigenvalue weighted by Crippen LogP contribution is 2.21. The predicted octanol–water partition coefficient (Wildman–Crippen LogP) is 2.10. The first-order valence-corrected chi connectivity index (χ1v) is 16.7. The minimum Gasteiger partial charge on any atom is -0.480 e. The van der Waals surface area contributed by atoms with E-state index in [1.807, 2.05) is 13.8 Å². The summed E-state index contributed by atoms with van der Waals surface area (Å²) in [5.74, 6) is -3.79. The zero-order valence-electron chi connectivity index (χ0n) is 34.4. The quantitative estimate of drug-likeness (QED) is 0.110. The number of amides is 4. The van der Waals surface area contributed by atoms with Crippen molar-refractivity contribution in [2.75, 3.05) is 19.6 Å². The summed E-state index contributed by atoms with van der Waals surface area (Å²) in [5, 5.41) is 17.7. The van der Waals surface area contributed by atoms with Crippen molar-refractivity contribution in [1.29, 1.82) is 0 Å². The van der Waals surface area contributed by atoms with Gasteiger partial charge in [0.25, 0.3) is 0 Å². The summed E-state index contributed by atoms with van der Waals surface area (Å²) in [6.07, 6.45) is 1.24. The van der Waals surface area contributed by atoms with Crippen LogP contribution in [0.4, 0.5) is 0 Å². The summed E-state index contributed by atoms with van der Waals surface area (Å²) < 4.78 is 40.1. The number of aliphatic carboxylic acids is 1. The molecule has 16 heteroatoms. The van der Waals surface area contributed by atoms with Crippen LogP contribution in [-0.4, -0.2) is 88.9 Å². The van der Waals surface area contributed by atoms with Crippen LogP contribution in [0.2, 0.25) is 0 Å². The number of halogens is 3. The minimum absolute atomic E-state index is 0. The molecule has 4 amide bonds. The largest absolute Gasteiger partial charge is 0.480 e. The van der Waals surface area contributed by atoms with Crippen LogP contribution < -0.4 is 33.2 Å². The first-order valence-electron chi connectivity index (χ1n) is 19.2. The van der Waals surface area contributed by atoms with Gasteiger partial charge in [0.15, 0.2) is 0 Å². The number of carboxylic acid groups (broad SMARTS) is 1. The lowest BCUT2D eigenvalue weighted by molar-refractivity contribution is -0.148. The molecular weight excluding hydrogens is 733 g/mol. The Bertz CT molecular complexity index is 1650. The van der Waals surface area contributed by atoms with E-state index in [4.69, 9.17) is 24.1 Å². The molecule has 1 fully saturated rings. The number of nitrogens with one attached hydrogen (secondary N) is 3. The van der Waals surface area contributed by atoms with Gasteiger partial charge in [0.1, 0.15) is 23.7 Å². The summed E-state index contributed by atoms with van der Waals surface area (Å²) in [4.78, 5) is 68.1. The fraction of sp³-hybridized carbons (Fsp3) is 0.528. The molecule has 0 aromatic heterocycles. The molecule has 3 rings (SSSR count). The van der Waals surface area contributed by atoms with Crippen LogP contribution in [0.3, 0.4) is 0 Å². The van der Waals surface area contributed by atoms with E-state index in [1.54, 1.807) is 30.3 Å². The van der Waals surface area contributed by atoms with Gasteiger partial charge in [0, 0.05) is 19.5 Å². The number of nitrogens with zero attached hydrogens (tertiary/aromatic N) is 1. The minimum atomic E-state index is -1.45. The SMILES string of the molecule is Cl.Cl.Cl.[2H]c1c([2H])c([2H])c(C[C@@H](N)C(=O)N[C@H](Cc2ccccc2)C(=O)N[C@H](CC(C)C)C(=O)N[C@H](CCCCN)C(=O)N2CCC(N)(C(=O)O)CC2)c([2H])c1[2H].